The van der Waals surface area contributed by atoms with E-state index >= 15 is 0 Å². The number of para-hydroxylation sites is 3. The van der Waals surface area contributed by atoms with Crippen LogP contribution in [-0.4, -0.2) is 4.57 Å². The van der Waals surface area contributed by atoms with Gasteiger partial charge in [0.25, 0.3) is 0 Å². The normalized spacial score (nSPS) is 17.4. The first-order chi connectivity index (χ1) is 16.3. The van der Waals surface area contributed by atoms with Gasteiger partial charge in [0.15, 0.2) is 0 Å². The zero-order valence-electron chi connectivity index (χ0n) is 17.7. The van der Waals surface area contributed by atoms with Gasteiger partial charge in [0, 0.05) is 20.8 Å². The fraction of sp³-hybridized carbons (Fsp3) is 0.0323. The molecular formula is C31H18BrN. The molecule has 1 spiro atoms. The molecule has 2 heteroatoms. The van der Waals surface area contributed by atoms with Crippen LogP contribution in [0.2, 0.25) is 0 Å². The van der Waals surface area contributed by atoms with E-state index in [2.05, 4.69) is 130 Å². The molecular weight excluding hydrogens is 466 g/mol. The Morgan fingerprint density at radius 1 is 0.545 bits per heavy atom. The van der Waals surface area contributed by atoms with E-state index in [4.69, 9.17) is 0 Å². The molecule has 2 heterocycles. The van der Waals surface area contributed by atoms with Crippen molar-refractivity contribution in [2.24, 2.45) is 0 Å². The van der Waals surface area contributed by atoms with Crippen LogP contribution in [-0.2, 0) is 5.41 Å². The first-order valence-corrected chi connectivity index (χ1v) is 12.1. The van der Waals surface area contributed by atoms with Crippen molar-refractivity contribution in [1.82, 2.24) is 4.57 Å². The third-order valence-corrected chi connectivity index (χ3v) is 8.33. The van der Waals surface area contributed by atoms with Crippen molar-refractivity contribution in [1.29, 1.82) is 0 Å². The quantitative estimate of drug-likeness (QED) is 0.204. The van der Waals surface area contributed by atoms with Crippen molar-refractivity contribution in [2.75, 3.05) is 0 Å². The van der Waals surface area contributed by atoms with Crippen LogP contribution in [0.15, 0.2) is 114 Å². The van der Waals surface area contributed by atoms with E-state index in [9.17, 15) is 0 Å². The van der Waals surface area contributed by atoms with Crippen LogP contribution in [0, 0.1) is 0 Å². The number of benzene rings is 5. The average molecular weight is 484 g/mol. The summed E-state index contributed by atoms with van der Waals surface area (Å²) in [7, 11) is 0. The van der Waals surface area contributed by atoms with E-state index in [-0.39, 0.29) is 5.41 Å². The van der Waals surface area contributed by atoms with Crippen molar-refractivity contribution < 1.29 is 0 Å². The lowest BCUT2D eigenvalue weighted by Gasteiger charge is -2.39. The van der Waals surface area contributed by atoms with Crippen LogP contribution in [0.4, 0.5) is 0 Å². The summed E-state index contributed by atoms with van der Waals surface area (Å²) < 4.78 is 3.64. The van der Waals surface area contributed by atoms with Gasteiger partial charge in [0.2, 0.25) is 0 Å². The van der Waals surface area contributed by atoms with Gasteiger partial charge in [-0.1, -0.05) is 107 Å². The van der Waals surface area contributed by atoms with Gasteiger partial charge in [0.05, 0.1) is 22.1 Å². The lowest BCUT2D eigenvalue weighted by molar-refractivity contribution is 0.748. The molecule has 0 saturated carbocycles. The monoisotopic (exact) mass is 483 g/mol. The minimum atomic E-state index is -0.351. The Morgan fingerprint density at radius 2 is 1.21 bits per heavy atom. The maximum absolute atomic E-state index is 3.90. The summed E-state index contributed by atoms with van der Waals surface area (Å²) in [5, 5.41) is 2.62. The molecule has 8 rings (SSSR count). The number of aromatic nitrogens is 1. The Kier molecular flexibility index (Phi) is 3.27. The summed E-state index contributed by atoms with van der Waals surface area (Å²) in [4.78, 5) is 0. The van der Waals surface area contributed by atoms with Gasteiger partial charge >= 0.3 is 0 Å². The van der Waals surface area contributed by atoms with Crippen LogP contribution in [0.1, 0.15) is 22.3 Å². The molecule has 0 bridgehead atoms. The first kappa shape index (κ1) is 17.9. The van der Waals surface area contributed by atoms with Gasteiger partial charge < -0.3 is 4.57 Å². The van der Waals surface area contributed by atoms with Gasteiger partial charge in [-0.2, -0.15) is 0 Å². The molecule has 154 valence electrons. The number of hydrogen-bond donors (Lipinski definition) is 0. The SMILES string of the molecule is Brc1cccc2c1-c1ccccc1C21c2ccccc2-n2c3ccccc3c3cccc1c32. The minimum absolute atomic E-state index is 0.351. The molecule has 6 aromatic rings. The molecule has 33 heavy (non-hydrogen) atoms. The fourth-order valence-electron chi connectivity index (χ4n) is 6.57. The van der Waals surface area contributed by atoms with Gasteiger partial charge in [-0.15, -0.1) is 0 Å². The van der Waals surface area contributed by atoms with E-state index in [1.54, 1.807) is 0 Å². The summed E-state index contributed by atoms with van der Waals surface area (Å²) in [6, 6.07) is 40.3. The third kappa shape index (κ3) is 1.92. The first-order valence-electron chi connectivity index (χ1n) is 11.3. The summed E-state index contributed by atoms with van der Waals surface area (Å²) in [6.07, 6.45) is 0. The summed E-state index contributed by atoms with van der Waals surface area (Å²) in [5.74, 6) is 0. The van der Waals surface area contributed by atoms with Crippen LogP contribution >= 0.6 is 15.9 Å². The third-order valence-electron chi connectivity index (χ3n) is 7.67. The van der Waals surface area contributed by atoms with Crippen LogP contribution < -0.4 is 0 Å². The number of rotatable bonds is 0. The molecule has 1 nitrogen and oxygen atoms in total. The predicted octanol–water partition coefficient (Wildman–Crippen LogP) is 8.22. The number of nitrogens with zero attached hydrogens (tertiary/aromatic N) is 1. The second-order valence-electron chi connectivity index (χ2n) is 9.03. The highest BCUT2D eigenvalue weighted by Gasteiger charge is 2.51. The molecule has 0 N–H and O–H groups in total. The van der Waals surface area contributed by atoms with E-state index in [1.165, 1.54) is 60.9 Å². The van der Waals surface area contributed by atoms with E-state index < -0.39 is 0 Å². The Hall–Kier alpha value is -3.62. The lowest BCUT2D eigenvalue weighted by Crippen LogP contribution is -2.33. The maximum atomic E-state index is 3.90. The van der Waals surface area contributed by atoms with Crippen molar-refractivity contribution in [2.45, 2.75) is 5.41 Å². The lowest BCUT2D eigenvalue weighted by atomic mass is 9.65. The highest BCUT2D eigenvalue weighted by atomic mass is 79.9. The fourth-order valence-corrected chi connectivity index (χ4v) is 7.15. The van der Waals surface area contributed by atoms with Gasteiger partial charge in [-0.3, -0.25) is 0 Å². The van der Waals surface area contributed by atoms with Crippen molar-refractivity contribution >= 4 is 37.7 Å². The average Bonchev–Trinajstić information content (AvgIpc) is 3.36. The van der Waals surface area contributed by atoms with Gasteiger partial charge in [-0.05, 0) is 46.0 Å². The molecule has 1 aromatic heterocycles. The van der Waals surface area contributed by atoms with E-state index in [0.717, 1.165) is 4.47 Å². The number of fused-ring (bicyclic) bond motifs is 12. The van der Waals surface area contributed by atoms with Gasteiger partial charge in [-0.25, -0.2) is 0 Å². The Labute approximate surface area is 200 Å². The minimum Gasteiger partial charge on any atom is -0.309 e. The Bertz CT molecular complexity index is 1790. The standard InChI is InChI=1S/C31H18BrN/c32-26-16-8-14-24-29(26)21-10-1-3-12-22(21)31(24)23-13-4-6-18-28(23)33-27-17-5-2-9-19(27)20-11-7-15-25(31)30(20)33/h1-18H. The van der Waals surface area contributed by atoms with E-state index in [0.29, 0.717) is 0 Å². The highest BCUT2D eigenvalue weighted by molar-refractivity contribution is 9.10. The molecule has 1 unspecified atom stereocenters. The van der Waals surface area contributed by atoms with Crippen molar-refractivity contribution in [3.63, 3.8) is 0 Å². The highest BCUT2D eigenvalue weighted by Crippen LogP contribution is 2.61. The van der Waals surface area contributed by atoms with E-state index in [1.807, 2.05) is 0 Å². The van der Waals surface area contributed by atoms with Crippen molar-refractivity contribution in [3.8, 4) is 16.8 Å². The molecule has 1 aliphatic heterocycles. The molecule has 0 saturated heterocycles. The Morgan fingerprint density at radius 3 is 2.15 bits per heavy atom. The zero-order chi connectivity index (χ0) is 21.7. The number of hydrogen-bond acceptors (Lipinski definition) is 0. The maximum Gasteiger partial charge on any atom is 0.0754 e. The summed E-state index contributed by atoms with van der Waals surface area (Å²) >= 11 is 3.90. The van der Waals surface area contributed by atoms with Crippen LogP contribution in [0.5, 0.6) is 0 Å². The second-order valence-corrected chi connectivity index (χ2v) is 9.88. The summed E-state index contributed by atoms with van der Waals surface area (Å²) in [5.41, 5.74) is 11.6. The van der Waals surface area contributed by atoms with Crippen LogP contribution in [0.25, 0.3) is 38.6 Å². The van der Waals surface area contributed by atoms with Gasteiger partial charge in [0.1, 0.15) is 0 Å². The molecule has 5 aromatic carbocycles. The molecule has 0 radical (unpaired) electrons. The van der Waals surface area contributed by atoms with Crippen molar-refractivity contribution in [3.05, 3.63) is 136 Å². The topological polar surface area (TPSA) is 4.93 Å². The van der Waals surface area contributed by atoms with Crippen LogP contribution in [0.3, 0.4) is 0 Å². The zero-order valence-corrected chi connectivity index (χ0v) is 19.3. The predicted molar refractivity (Wildman–Crippen MR) is 139 cm³/mol. The smallest absolute Gasteiger partial charge is 0.0754 e. The second kappa shape index (κ2) is 6.03. The molecule has 2 aliphatic rings. The molecule has 1 atom stereocenters. The molecule has 0 amide bonds. The largest absolute Gasteiger partial charge is 0.309 e. The molecule has 1 aliphatic carbocycles. The summed E-state index contributed by atoms with van der Waals surface area (Å²) in [6.45, 7) is 0. The number of halogens is 1. The Balaban J connectivity index is 1.71. The molecule has 0 fully saturated rings.